The van der Waals surface area contributed by atoms with Crippen molar-refractivity contribution in [1.82, 2.24) is 4.98 Å². The molecule has 0 spiro atoms. The number of pyridine rings is 1. The van der Waals surface area contributed by atoms with Crippen LogP contribution in [0.5, 0.6) is 5.75 Å². The Kier molecular flexibility index (Phi) is 4.61. The largest absolute Gasteiger partial charge is 0.491 e. The van der Waals surface area contributed by atoms with Gasteiger partial charge in [-0.05, 0) is 42.8 Å². The van der Waals surface area contributed by atoms with Crippen molar-refractivity contribution in [1.29, 1.82) is 0 Å². The van der Waals surface area contributed by atoms with Crippen molar-refractivity contribution in [3.8, 4) is 5.75 Å². The summed E-state index contributed by atoms with van der Waals surface area (Å²) in [5, 5.41) is 3.62. The topological polar surface area (TPSA) is 77.2 Å². The van der Waals surface area contributed by atoms with E-state index in [0.29, 0.717) is 34.8 Å². The van der Waals surface area contributed by atoms with Gasteiger partial charge in [0, 0.05) is 28.5 Å². The van der Waals surface area contributed by atoms with Gasteiger partial charge in [-0.3, -0.25) is 9.78 Å². The summed E-state index contributed by atoms with van der Waals surface area (Å²) in [6.07, 6.45) is 2.60. The number of ether oxygens (including phenoxy) is 1. The normalized spacial score (nSPS) is 10.5. The number of nitrogen functional groups attached to an aromatic ring is 1. The molecule has 5 nitrogen and oxygen atoms in total. The van der Waals surface area contributed by atoms with E-state index in [2.05, 4.69) is 10.3 Å². The number of fused-ring (bicyclic) bond motifs is 1. The van der Waals surface area contributed by atoms with Crippen molar-refractivity contribution >= 4 is 28.2 Å². The number of nitrogens with zero attached hydrogens (tertiary/aromatic N) is 1. The third-order valence-corrected chi connectivity index (χ3v) is 3.58. The smallest absolute Gasteiger partial charge is 0.256 e. The minimum absolute atomic E-state index is 0.208. The van der Waals surface area contributed by atoms with Gasteiger partial charge in [0.2, 0.25) is 0 Å². The minimum Gasteiger partial charge on any atom is -0.491 e. The van der Waals surface area contributed by atoms with Crippen LogP contribution in [0.15, 0.2) is 54.7 Å². The number of hydrogen-bond donors (Lipinski definition) is 2. The first-order chi connectivity index (χ1) is 11.7. The lowest BCUT2D eigenvalue weighted by molar-refractivity contribution is 0.102. The van der Waals surface area contributed by atoms with Crippen LogP contribution in [0.25, 0.3) is 10.9 Å². The Morgan fingerprint density at radius 2 is 2.08 bits per heavy atom. The maximum Gasteiger partial charge on any atom is 0.256 e. The molecule has 5 heteroatoms. The van der Waals surface area contributed by atoms with Crippen molar-refractivity contribution < 1.29 is 9.53 Å². The van der Waals surface area contributed by atoms with Gasteiger partial charge in [0.1, 0.15) is 11.3 Å². The summed E-state index contributed by atoms with van der Waals surface area (Å²) in [7, 11) is 0. The summed E-state index contributed by atoms with van der Waals surface area (Å²) < 4.78 is 5.73. The highest BCUT2D eigenvalue weighted by molar-refractivity contribution is 6.13. The fourth-order valence-electron chi connectivity index (χ4n) is 2.49. The number of carbonyl (C=O) groups excluding carboxylic acids is 1. The first-order valence-corrected chi connectivity index (χ1v) is 7.86. The molecule has 3 aromatic rings. The van der Waals surface area contributed by atoms with Crippen LogP contribution in [0.4, 0.5) is 11.4 Å². The van der Waals surface area contributed by atoms with Crippen molar-refractivity contribution in [3.63, 3.8) is 0 Å². The highest BCUT2D eigenvalue weighted by Crippen LogP contribution is 2.27. The van der Waals surface area contributed by atoms with Crippen LogP contribution in [0.2, 0.25) is 0 Å². The molecule has 24 heavy (non-hydrogen) atoms. The molecule has 0 aliphatic heterocycles. The summed E-state index contributed by atoms with van der Waals surface area (Å²) >= 11 is 0. The standard InChI is InChI=1S/C19H19N3O2/c1-2-11-24-17-9-8-16(15-7-4-10-21-18(15)17)19(23)22-14-6-3-5-13(20)12-14/h3-10,12H,2,11,20H2,1H3,(H,22,23). The van der Waals surface area contributed by atoms with Gasteiger partial charge in [-0.25, -0.2) is 0 Å². The highest BCUT2D eigenvalue weighted by Gasteiger charge is 2.14. The lowest BCUT2D eigenvalue weighted by atomic mass is 10.1. The second kappa shape index (κ2) is 7.00. The molecular weight excluding hydrogens is 302 g/mol. The number of carbonyl (C=O) groups is 1. The predicted molar refractivity (Wildman–Crippen MR) is 96.3 cm³/mol. The molecule has 1 aromatic heterocycles. The van der Waals surface area contributed by atoms with Crippen LogP contribution < -0.4 is 15.8 Å². The van der Waals surface area contributed by atoms with Gasteiger partial charge in [0.25, 0.3) is 5.91 Å². The Bertz CT molecular complexity index is 877. The summed E-state index contributed by atoms with van der Waals surface area (Å²) in [6.45, 7) is 2.66. The number of amides is 1. The van der Waals surface area contributed by atoms with E-state index in [1.54, 1.807) is 42.6 Å². The predicted octanol–water partition coefficient (Wildman–Crippen LogP) is 3.86. The second-order valence-electron chi connectivity index (χ2n) is 5.44. The van der Waals surface area contributed by atoms with E-state index < -0.39 is 0 Å². The van der Waals surface area contributed by atoms with E-state index in [0.717, 1.165) is 11.8 Å². The monoisotopic (exact) mass is 321 g/mol. The molecule has 1 heterocycles. The van der Waals surface area contributed by atoms with E-state index in [1.807, 2.05) is 19.1 Å². The molecular formula is C19H19N3O2. The lowest BCUT2D eigenvalue weighted by Crippen LogP contribution is -2.13. The highest BCUT2D eigenvalue weighted by atomic mass is 16.5. The van der Waals surface area contributed by atoms with Crippen molar-refractivity contribution in [2.24, 2.45) is 0 Å². The zero-order valence-corrected chi connectivity index (χ0v) is 13.5. The molecule has 2 aromatic carbocycles. The second-order valence-corrected chi connectivity index (χ2v) is 5.44. The SMILES string of the molecule is CCCOc1ccc(C(=O)Nc2cccc(N)c2)c2cccnc12. The van der Waals surface area contributed by atoms with E-state index >= 15 is 0 Å². The molecule has 0 aliphatic rings. The Balaban J connectivity index is 1.96. The van der Waals surface area contributed by atoms with Gasteiger partial charge in [-0.15, -0.1) is 0 Å². The van der Waals surface area contributed by atoms with Crippen LogP contribution in [0, 0.1) is 0 Å². The molecule has 0 radical (unpaired) electrons. The van der Waals surface area contributed by atoms with Crippen molar-refractivity contribution in [3.05, 3.63) is 60.3 Å². The van der Waals surface area contributed by atoms with Gasteiger partial charge >= 0.3 is 0 Å². The van der Waals surface area contributed by atoms with Crippen molar-refractivity contribution in [2.45, 2.75) is 13.3 Å². The van der Waals surface area contributed by atoms with Crippen LogP contribution >= 0.6 is 0 Å². The van der Waals surface area contributed by atoms with E-state index in [9.17, 15) is 4.79 Å². The zero-order valence-electron chi connectivity index (χ0n) is 13.5. The van der Waals surface area contributed by atoms with Crippen LogP contribution in [-0.2, 0) is 0 Å². The summed E-state index contributed by atoms with van der Waals surface area (Å²) in [4.78, 5) is 17.0. The molecule has 0 bridgehead atoms. The fraction of sp³-hybridized carbons (Fsp3) is 0.158. The van der Waals surface area contributed by atoms with E-state index in [1.165, 1.54) is 0 Å². The molecule has 0 saturated carbocycles. The van der Waals surface area contributed by atoms with Gasteiger partial charge in [0.05, 0.1) is 6.61 Å². The number of hydrogen-bond acceptors (Lipinski definition) is 4. The van der Waals surface area contributed by atoms with Crippen LogP contribution in [0.3, 0.4) is 0 Å². The summed E-state index contributed by atoms with van der Waals surface area (Å²) in [6, 6.07) is 14.3. The molecule has 122 valence electrons. The average Bonchev–Trinajstić information content (AvgIpc) is 2.59. The van der Waals surface area contributed by atoms with Gasteiger partial charge in [-0.2, -0.15) is 0 Å². The number of nitrogens with two attached hydrogens (primary N) is 1. The van der Waals surface area contributed by atoms with Crippen LogP contribution in [0.1, 0.15) is 23.7 Å². The quantitative estimate of drug-likeness (QED) is 0.700. The number of rotatable bonds is 5. The van der Waals surface area contributed by atoms with Crippen molar-refractivity contribution in [2.75, 3.05) is 17.7 Å². The first-order valence-electron chi connectivity index (χ1n) is 7.86. The van der Waals surface area contributed by atoms with Gasteiger partial charge in [0.15, 0.2) is 0 Å². The molecule has 0 saturated heterocycles. The fourth-order valence-corrected chi connectivity index (χ4v) is 2.49. The number of aromatic nitrogens is 1. The Morgan fingerprint density at radius 3 is 2.88 bits per heavy atom. The summed E-state index contributed by atoms with van der Waals surface area (Å²) in [5.41, 5.74) is 8.24. The lowest BCUT2D eigenvalue weighted by Gasteiger charge is -2.12. The maximum absolute atomic E-state index is 12.6. The summed E-state index contributed by atoms with van der Waals surface area (Å²) in [5.74, 6) is 0.480. The number of nitrogens with one attached hydrogen (secondary N) is 1. The first kappa shape index (κ1) is 15.8. The number of anilines is 2. The van der Waals surface area contributed by atoms with E-state index in [4.69, 9.17) is 10.5 Å². The third-order valence-electron chi connectivity index (χ3n) is 3.58. The average molecular weight is 321 g/mol. The molecule has 3 rings (SSSR count). The number of benzene rings is 2. The van der Waals surface area contributed by atoms with Gasteiger partial charge < -0.3 is 15.8 Å². The molecule has 0 aliphatic carbocycles. The zero-order chi connectivity index (χ0) is 16.9. The van der Waals surface area contributed by atoms with Crippen LogP contribution in [-0.4, -0.2) is 17.5 Å². The molecule has 3 N–H and O–H groups in total. The molecule has 0 fully saturated rings. The molecule has 0 atom stereocenters. The molecule has 0 unspecified atom stereocenters. The van der Waals surface area contributed by atoms with E-state index in [-0.39, 0.29) is 5.91 Å². The van der Waals surface area contributed by atoms with Gasteiger partial charge in [-0.1, -0.05) is 19.1 Å². The third kappa shape index (κ3) is 3.30. The maximum atomic E-state index is 12.6. The Hall–Kier alpha value is -3.08. The Morgan fingerprint density at radius 1 is 1.21 bits per heavy atom. The Labute approximate surface area is 140 Å². The molecule has 1 amide bonds. The minimum atomic E-state index is -0.208.